The molecule has 1 aliphatic rings. The van der Waals surface area contributed by atoms with Crippen LogP contribution in [0.5, 0.6) is 0 Å². The topological polar surface area (TPSA) is 81.1 Å². The Morgan fingerprint density at radius 3 is 2.36 bits per heavy atom. The predicted octanol–water partition coefficient (Wildman–Crippen LogP) is 0.197. The van der Waals surface area contributed by atoms with Gasteiger partial charge in [0.05, 0.1) is 0 Å². The quantitative estimate of drug-likeness (QED) is 0.654. The van der Waals surface area contributed by atoms with Crippen molar-refractivity contribution in [2.75, 3.05) is 20.1 Å². The SMILES string of the molecule is CN(C1CCN(C(=O)O)CC1)S(=O)O. The van der Waals surface area contributed by atoms with Crippen molar-refractivity contribution in [1.82, 2.24) is 9.21 Å². The summed E-state index contributed by atoms with van der Waals surface area (Å²) in [7, 11) is 1.57. The van der Waals surface area contributed by atoms with Crippen LogP contribution in [0.1, 0.15) is 12.8 Å². The molecule has 0 bridgehead atoms. The van der Waals surface area contributed by atoms with Crippen molar-refractivity contribution in [1.29, 1.82) is 0 Å². The van der Waals surface area contributed by atoms with Crippen LogP contribution >= 0.6 is 0 Å². The summed E-state index contributed by atoms with van der Waals surface area (Å²) < 4.78 is 20.9. The third-order valence-corrected chi connectivity index (χ3v) is 3.29. The van der Waals surface area contributed by atoms with Gasteiger partial charge in [-0.3, -0.25) is 4.55 Å². The van der Waals surface area contributed by atoms with Gasteiger partial charge in [-0.25, -0.2) is 13.3 Å². The zero-order valence-electron chi connectivity index (χ0n) is 7.92. The number of carbonyl (C=O) groups is 1. The zero-order chi connectivity index (χ0) is 10.7. The summed E-state index contributed by atoms with van der Waals surface area (Å²) >= 11 is -1.96. The number of carboxylic acid groups (broad SMARTS) is 1. The predicted molar refractivity (Wildman–Crippen MR) is 51.2 cm³/mol. The molecule has 2 N–H and O–H groups in total. The number of piperidine rings is 1. The highest BCUT2D eigenvalue weighted by atomic mass is 32.2. The minimum atomic E-state index is -1.96. The molecule has 0 aliphatic carbocycles. The van der Waals surface area contributed by atoms with Crippen molar-refractivity contribution >= 4 is 17.4 Å². The lowest BCUT2D eigenvalue weighted by atomic mass is 10.1. The number of amides is 1. The highest BCUT2D eigenvalue weighted by Crippen LogP contribution is 2.15. The minimum Gasteiger partial charge on any atom is -0.465 e. The van der Waals surface area contributed by atoms with Gasteiger partial charge in [-0.2, -0.15) is 0 Å². The molecule has 0 aromatic heterocycles. The van der Waals surface area contributed by atoms with Gasteiger partial charge in [0.15, 0.2) is 0 Å². The van der Waals surface area contributed by atoms with E-state index in [-0.39, 0.29) is 6.04 Å². The first-order valence-electron chi connectivity index (χ1n) is 4.34. The summed E-state index contributed by atoms with van der Waals surface area (Å²) in [6, 6.07) is -0.00330. The summed E-state index contributed by atoms with van der Waals surface area (Å²) in [5.74, 6) is 0. The summed E-state index contributed by atoms with van der Waals surface area (Å²) in [6.45, 7) is 0.864. The van der Waals surface area contributed by atoms with Crippen molar-refractivity contribution in [3.63, 3.8) is 0 Å². The molecule has 0 spiro atoms. The van der Waals surface area contributed by atoms with Gasteiger partial charge in [0, 0.05) is 26.2 Å². The van der Waals surface area contributed by atoms with E-state index in [1.54, 1.807) is 7.05 Å². The van der Waals surface area contributed by atoms with E-state index in [0.29, 0.717) is 25.9 Å². The normalized spacial score (nSPS) is 21.2. The molecule has 1 fully saturated rings. The van der Waals surface area contributed by atoms with E-state index >= 15 is 0 Å². The Labute approximate surface area is 84.9 Å². The zero-order valence-corrected chi connectivity index (χ0v) is 8.74. The summed E-state index contributed by atoms with van der Waals surface area (Å²) in [5.41, 5.74) is 0. The molecule has 7 heteroatoms. The van der Waals surface area contributed by atoms with Gasteiger partial charge in [-0.1, -0.05) is 0 Å². The summed E-state index contributed by atoms with van der Waals surface area (Å²) in [4.78, 5) is 11.9. The van der Waals surface area contributed by atoms with Crippen molar-refractivity contribution in [3.8, 4) is 0 Å². The van der Waals surface area contributed by atoms with E-state index in [2.05, 4.69) is 0 Å². The van der Waals surface area contributed by atoms with E-state index in [9.17, 15) is 9.00 Å². The van der Waals surface area contributed by atoms with Crippen LogP contribution in [0.25, 0.3) is 0 Å². The molecule has 0 radical (unpaired) electrons. The molecule has 1 heterocycles. The first kappa shape index (κ1) is 11.4. The molecule has 1 rings (SSSR count). The lowest BCUT2D eigenvalue weighted by molar-refractivity contribution is 0.121. The maximum atomic E-state index is 10.7. The van der Waals surface area contributed by atoms with Crippen LogP contribution in [0.3, 0.4) is 0 Å². The van der Waals surface area contributed by atoms with E-state index < -0.39 is 17.4 Å². The van der Waals surface area contributed by atoms with Crippen LogP contribution in [0.15, 0.2) is 0 Å². The lowest BCUT2D eigenvalue weighted by Crippen LogP contribution is -2.45. The van der Waals surface area contributed by atoms with Gasteiger partial charge >= 0.3 is 6.09 Å². The van der Waals surface area contributed by atoms with Crippen LogP contribution in [-0.2, 0) is 11.3 Å². The van der Waals surface area contributed by atoms with Crippen molar-refractivity contribution in [2.45, 2.75) is 18.9 Å². The molecule has 1 atom stereocenters. The van der Waals surface area contributed by atoms with E-state index in [1.807, 2.05) is 0 Å². The van der Waals surface area contributed by atoms with E-state index in [1.165, 1.54) is 9.21 Å². The Kier molecular flexibility index (Phi) is 3.85. The Morgan fingerprint density at radius 2 is 2.00 bits per heavy atom. The molecule has 0 aromatic rings. The molecule has 1 aliphatic heterocycles. The van der Waals surface area contributed by atoms with Gasteiger partial charge in [0.25, 0.3) is 0 Å². The first-order valence-corrected chi connectivity index (χ1v) is 5.40. The Bertz CT molecular complexity index is 240. The van der Waals surface area contributed by atoms with Crippen LogP contribution < -0.4 is 0 Å². The highest BCUT2D eigenvalue weighted by Gasteiger charge is 2.26. The lowest BCUT2D eigenvalue weighted by Gasteiger charge is -2.33. The molecule has 0 aromatic carbocycles. The smallest absolute Gasteiger partial charge is 0.407 e. The molecule has 1 unspecified atom stereocenters. The fourth-order valence-corrected chi connectivity index (χ4v) is 2.01. The number of hydrogen-bond donors (Lipinski definition) is 2. The molecule has 1 saturated heterocycles. The third-order valence-electron chi connectivity index (χ3n) is 2.50. The fourth-order valence-electron chi connectivity index (χ4n) is 1.55. The largest absolute Gasteiger partial charge is 0.465 e. The van der Waals surface area contributed by atoms with Crippen LogP contribution in [0.2, 0.25) is 0 Å². The third kappa shape index (κ3) is 2.66. The highest BCUT2D eigenvalue weighted by molar-refractivity contribution is 7.76. The molecule has 6 nitrogen and oxygen atoms in total. The average molecular weight is 222 g/mol. The Morgan fingerprint density at radius 1 is 1.50 bits per heavy atom. The molecule has 0 saturated carbocycles. The fraction of sp³-hybridized carbons (Fsp3) is 0.857. The van der Waals surface area contributed by atoms with Crippen LogP contribution in [0.4, 0.5) is 4.79 Å². The second-order valence-electron chi connectivity index (χ2n) is 3.28. The minimum absolute atomic E-state index is 0.00330. The van der Waals surface area contributed by atoms with Gasteiger partial charge in [0.2, 0.25) is 11.3 Å². The van der Waals surface area contributed by atoms with Crippen molar-refractivity contribution < 1.29 is 18.7 Å². The number of likely N-dealkylation sites (tertiary alicyclic amines) is 1. The van der Waals surface area contributed by atoms with E-state index in [4.69, 9.17) is 9.66 Å². The monoisotopic (exact) mass is 222 g/mol. The maximum absolute atomic E-state index is 10.7. The Hall–Kier alpha value is -0.660. The Balaban J connectivity index is 2.43. The van der Waals surface area contributed by atoms with E-state index in [0.717, 1.165) is 0 Å². The van der Waals surface area contributed by atoms with Crippen LogP contribution in [0, 0.1) is 0 Å². The van der Waals surface area contributed by atoms with Gasteiger partial charge in [-0.15, -0.1) is 0 Å². The molecule has 82 valence electrons. The number of hydrogen-bond acceptors (Lipinski definition) is 2. The van der Waals surface area contributed by atoms with Crippen molar-refractivity contribution in [3.05, 3.63) is 0 Å². The number of rotatable bonds is 2. The molecular formula is C7H14N2O4S. The summed E-state index contributed by atoms with van der Waals surface area (Å²) in [6.07, 6.45) is 0.292. The van der Waals surface area contributed by atoms with Gasteiger partial charge in [0.1, 0.15) is 0 Å². The second kappa shape index (κ2) is 4.72. The molecule has 14 heavy (non-hydrogen) atoms. The number of nitrogens with zero attached hydrogens (tertiary/aromatic N) is 2. The maximum Gasteiger partial charge on any atom is 0.407 e. The van der Waals surface area contributed by atoms with Gasteiger partial charge in [-0.05, 0) is 12.8 Å². The van der Waals surface area contributed by atoms with Gasteiger partial charge < -0.3 is 10.0 Å². The first-order chi connectivity index (χ1) is 6.52. The molecular weight excluding hydrogens is 208 g/mol. The molecule has 1 amide bonds. The van der Waals surface area contributed by atoms with Crippen molar-refractivity contribution in [2.24, 2.45) is 0 Å². The second-order valence-corrected chi connectivity index (χ2v) is 4.32. The average Bonchev–Trinajstić information content (AvgIpc) is 2.16. The van der Waals surface area contributed by atoms with Crippen LogP contribution in [-0.4, -0.2) is 55.3 Å². The standard InChI is InChI=1S/C7H14N2O4S/c1-8(14(12)13)6-2-4-9(5-3-6)7(10)11/h6H,2-5H2,1H3,(H,10,11)(H,12,13). The summed E-state index contributed by atoms with van der Waals surface area (Å²) in [5, 5.41) is 8.68.